The Morgan fingerprint density at radius 3 is 2.82 bits per heavy atom. The van der Waals surface area contributed by atoms with Crippen LogP contribution in [-0.4, -0.2) is 23.0 Å². The lowest BCUT2D eigenvalue weighted by molar-refractivity contribution is 0.0594. The summed E-state index contributed by atoms with van der Waals surface area (Å²) in [7, 11) is 1.32. The number of aromatic nitrogens is 2. The molecule has 0 atom stereocenters. The summed E-state index contributed by atoms with van der Waals surface area (Å²) in [5, 5.41) is 0. The Labute approximate surface area is 98.4 Å². The van der Waals surface area contributed by atoms with Gasteiger partial charge >= 0.3 is 5.97 Å². The zero-order chi connectivity index (χ0) is 12.1. The third kappa shape index (κ3) is 2.84. The number of hydrogen-bond donors (Lipinski definition) is 1. The number of benzene rings is 1. The normalized spacial score (nSPS) is 9.94. The first-order valence-corrected chi connectivity index (χ1v) is 5.09. The van der Waals surface area contributed by atoms with Gasteiger partial charge in [-0.05, 0) is 12.1 Å². The molecule has 1 heterocycles. The number of ether oxygens (including phenoxy) is 2. The minimum Gasteiger partial charge on any atom is -0.486 e. The number of nitrogens with zero attached hydrogens (tertiary/aromatic N) is 1. The first-order valence-electron chi connectivity index (χ1n) is 5.09. The molecule has 0 saturated carbocycles. The van der Waals surface area contributed by atoms with Gasteiger partial charge in [0.15, 0.2) is 0 Å². The summed E-state index contributed by atoms with van der Waals surface area (Å²) in [6.45, 7) is 0.279. The second kappa shape index (κ2) is 5.16. The van der Waals surface area contributed by atoms with Gasteiger partial charge in [0.05, 0.1) is 13.3 Å². The van der Waals surface area contributed by atoms with Gasteiger partial charge in [0.25, 0.3) is 0 Å². The molecule has 1 N–H and O–H groups in total. The number of esters is 1. The standard InChI is InChI=1S/C12H12N2O3/c1-16-12(15)10-7-13-11(14-10)8-17-9-5-3-2-4-6-9/h2-7H,8H2,1H3,(H,13,14). The lowest BCUT2D eigenvalue weighted by Crippen LogP contribution is -2.02. The van der Waals surface area contributed by atoms with Crippen LogP contribution < -0.4 is 4.74 Å². The van der Waals surface area contributed by atoms with E-state index in [4.69, 9.17) is 4.74 Å². The fourth-order valence-corrected chi connectivity index (χ4v) is 1.32. The molecule has 0 amide bonds. The van der Waals surface area contributed by atoms with Crippen LogP contribution in [-0.2, 0) is 11.3 Å². The van der Waals surface area contributed by atoms with Gasteiger partial charge in [0.1, 0.15) is 23.9 Å². The highest BCUT2D eigenvalue weighted by Gasteiger charge is 2.09. The largest absolute Gasteiger partial charge is 0.486 e. The number of methoxy groups -OCH3 is 1. The zero-order valence-corrected chi connectivity index (χ0v) is 9.34. The fourth-order valence-electron chi connectivity index (χ4n) is 1.32. The summed E-state index contributed by atoms with van der Waals surface area (Å²) in [4.78, 5) is 18.0. The van der Waals surface area contributed by atoms with Gasteiger partial charge < -0.3 is 14.5 Å². The van der Waals surface area contributed by atoms with E-state index in [9.17, 15) is 4.79 Å². The number of carbonyl (C=O) groups excluding carboxylic acids is 1. The molecule has 0 radical (unpaired) electrons. The highest BCUT2D eigenvalue weighted by atomic mass is 16.5. The van der Waals surface area contributed by atoms with Crippen molar-refractivity contribution < 1.29 is 14.3 Å². The summed E-state index contributed by atoms with van der Waals surface area (Å²) in [5.74, 6) is 0.890. The van der Waals surface area contributed by atoms with Crippen molar-refractivity contribution in [2.75, 3.05) is 7.11 Å². The minimum atomic E-state index is -0.441. The van der Waals surface area contributed by atoms with Crippen molar-refractivity contribution in [2.24, 2.45) is 0 Å². The van der Waals surface area contributed by atoms with Crippen molar-refractivity contribution in [3.8, 4) is 5.75 Å². The van der Waals surface area contributed by atoms with Gasteiger partial charge in [-0.1, -0.05) is 18.2 Å². The summed E-state index contributed by atoms with van der Waals surface area (Å²) < 4.78 is 10.0. The van der Waals surface area contributed by atoms with Crippen LogP contribution >= 0.6 is 0 Å². The second-order valence-electron chi connectivity index (χ2n) is 3.34. The first kappa shape index (κ1) is 11.2. The maximum Gasteiger partial charge on any atom is 0.356 e. The van der Waals surface area contributed by atoms with E-state index in [1.807, 2.05) is 30.3 Å². The topological polar surface area (TPSA) is 64.2 Å². The van der Waals surface area contributed by atoms with Crippen molar-refractivity contribution in [2.45, 2.75) is 6.61 Å². The van der Waals surface area contributed by atoms with Gasteiger partial charge in [-0.2, -0.15) is 0 Å². The average Bonchev–Trinajstić information content (AvgIpc) is 2.85. The predicted octanol–water partition coefficient (Wildman–Crippen LogP) is 1.78. The number of nitrogens with one attached hydrogen (secondary N) is 1. The molecule has 5 nitrogen and oxygen atoms in total. The van der Waals surface area contributed by atoms with Gasteiger partial charge in [0.2, 0.25) is 0 Å². The number of rotatable bonds is 4. The van der Waals surface area contributed by atoms with Crippen LogP contribution in [0.1, 0.15) is 16.3 Å². The molecule has 0 saturated heterocycles. The Morgan fingerprint density at radius 1 is 1.35 bits per heavy atom. The number of hydrogen-bond acceptors (Lipinski definition) is 4. The quantitative estimate of drug-likeness (QED) is 0.816. The summed E-state index contributed by atoms with van der Waals surface area (Å²) in [6, 6.07) is 9.39. The summed E-state index contributed by atoms with van der Waals surface area (Å²) in [5.41, 5.74) is 0.319. The lowest BCUT2D eigenvalue weighted by Gasteiger charge is -2.02. The second-order valence-corrected chi connectivity index (χ2v) is 3.34. The van der Waals surface area contributed by atoms with Gasteiger partial charge in [-0.25, -0.2) is 9.78 Å². The van der Waals surface area contributed by atoms with E-state index in [1.54, 1.807) is 0 Å². The van der Waals surface area contributed by atoms with Crippen LogP contribution in [0, 0.1) is 0 Å². The smallest absolute Gasteiger partial charge is 0.356 e. The Balaban J connectivity index is 1.96. The molecule has 1 aromatic carbocycles. The van der Waals surface area contributed by atoms with E-state index in [0.29, 0.717) is 11.5 Å². The van der Waals surface area contributed by atoms with Crippen molar-refractivity contribution in [3.05, 3.63) is 48.0 Å². The number of imidazole rings is 1. The third-order valence-electron chi connectivity index (χ3n) is 2.15. The molecule has 0 spiro atoms. The molecule has 88 valence electrons. The average molecular weight is 232 g/mol. The molecule has 0 bridgehead atoms. The van der Waals surface area contributed by atoms with E-state index in [2.05, 4.69) is 14.7 Å². The van der Waals surface area contributed by atoms with Crippen LogP contribution in [0.2, 0.25) is 0 Å². The number of aromatic amines is 1. The van der Waals surface area contributed by atoms with Crippen molar-refractivity contribution >= 4 is 5.97 Å². The fraction of sp³-hybridized carbons (Fsp3) is 0.167. The van der Waals surface area contributed by atoms with E-state index in [0.717, 1.165) is 5.75 Å². The molecule has 2 rings (SSSR count). The molecule has 0 aliphatic heterocycles. The van der Waals surface area contributed by atoms with Crippen LogP contribution in [0.15, 0.2) is 36.5 Å². The molecular weight excluding hydrogens is 220 g/mol. The molecule has 0 aliphatic carbocycles. The zero-order valence-electron chi connectivity index (χ0n) is 9.34. The molecule has 0 fully saturated rings. The molecule has 17 heavy (non-hydrogen) atoms. The van der Waals surface area contributed by atoms with E-state index < -0.39 is 5.97 Å². The Hall–Kier alpha value is -2.30. The van der Waals surface area contributed by atoms with Gasteiger partial charge in [-0.15, -0.1) is 0 Å². The van der Waals surface area contributed by atoms with Crippen molar-refractivity contribution in [1.29, 1.82) is 0 Å². The Kier molecular flexibility index (Phi) is 3.40. The Morgan fingerprint density at radius 2 is 2.12 bits per heavy atom. The number of para-hydroxylation sites is 1. The highest BCUT2D eigenvalue weighted by molar-refractivity contribution is 5.86. The van der Waals surface area contributed by atoms with E-state index in [-0.39, 0.29) is 6.61 Å². The lowest BCUT2D eigenvalue weighted by atomic mass is 10.3. The first-order chi connectivity index (χ1) is 8.29. The number of H-pyrrole nitrogens is 1. The monoisotopic (exact) mass is 232 g/mol. The minimum absolute atomic E-state index is 0.279. The summed E-state index contributed by atoms with van der Waals surface area (Å²) in [6.07, 6.45) is 1.43. The molecule has 1 aromatic heterocycles. The van der Waals surface area contributed by atoms with Crippen molar-refractivity contribution in [1.82, 2.24) is 9.97 Å². The van der Waals surface area contributed by atoms with Gasteiger partial charge in [-0.3, -0.25) is 0 Å². The molecular formula is C12H12N2O3. The Bertz CT molecular complexity index is 493. The third-order valence-corrected chi connectivity index (χ3v) is 2.15. The van der Waals surface area contributed by atoms with E-state index >= 15 is 0 Å². The number of carbonyl (C=O) groups is 1. The predicted molar refractivity (Wildman–Crippen MR) is 60.7 cm³/mol. The SMILES string of the molecule is COC(=O)c1cnc(COc2ccccc2)[nH]1. The maximum absolute atomic E-state index is 11.2. The highest BCUT2D eigenvalue weighted by Crippen LogP contribution is 2.10. The maximum atomic E-state index is 11.2. The van der Waals surface area contributed by atoms with Crippen LogP contribution in [0.25, 0.3) is 0 Å². The van der Waals surface area contributed by atoms with Crippen LogP contribution in [0.3, 0.4) is 0 Å². The molecule has 5 heteroatoms. The van der Waals surface area contributed by atoms with Crippen LogP contribution in [0.5, 0.6) is 5.75 Å². The van der Waals surface area contributed by atoms with Crippen LogP contribution in [0.4, 0.5) is 0 Å². The molecule has 2 aromatic rings. The van der Waals surface area contributed by atoms with E-state index in [1.165, 1.54) is 13.3 Å². The summed E-state index contributed by atoms with van der Waals surface area (Å²) >= 11 is 0. The molecule has 0 unspecified atom stereocenters. The van der Waals surface area contributed by atoms with Gasteiger partial charge in [0, 0.05) is 0 Å². The van der Waals surface area contributed by atoms with Crippen molar-refractivity contribution in [3.63, 3.8) is 0 Å². The molecule has 0 aliphatic rings.